The summed E-state index contributed by atoms with van der Waals surface area (Å²) in [5.41, 5.74) is 6.17. The van der Waals surface area contributed by atoms with Crippen LogP contribution in [0.3, 0.4) is 0 Å². The molecule has 0 spiro atoms. The van der Waals surface area contributed by atoms with Crippen molar-refractivity contribution in [3.8, 4) is 0 Å². The molecule has 0 aliphatic heterocycles. The molecule has 19 heavy (non-hydrogen) atoms. The van der Waals surface area contributed by atoms with Gasteiger partial charge in [-0.2, -0.15) is 0 Å². The van der Waals surface area contributed by atoms with Crippen LogP contribution in [0, 0.1) is 6.92 Å². The Labute approximate surface area is 111 Å². The second-order valence-corrected chi connectivity index (χ2v) is 5.20. The van der Waals surface area contributed by atoms with Gasteiger partial charge in [-0.05, 0) is 24.6 Å². The Kier molecular flexibility index (Phi) is 1.89. The van der Waals surface area contributed by atoms with Gasteiger partial charge in [0.25, 0.3) is 0 Å². The van der Waals surface area contributed by atoms with Gasteiger partial charge in [-0.1, -0.05) is 18.2 Å². The number of nitrogens with zero attached hydrogens (tertiary/aromatic N) is 3. The van der Waals surface area contributed by atoms with Crippen molar-refractivity contribution in [2.45, 2.75) is 6.92 Å². The van der Waals surface area contributed by atoms with Crippen molar-refractivity contribution in [1.29, 1.82) is 0 Å². The second-order valence-electron chi connectivity index (χ2n) is 5.20. The summed E-state index contributed by atoms with van der Waals surface area (Å²) < 4.78 is 4.38. The number of rotatable bonds is 0. The van der Waals surface area contributed by atoms with Gasteiger partial charge in [-0.3, -0.25) is 0 Å². The topological polar surface area (TPSA) is 22.8 Å². The molecule has 0 saturated heterocycles. The molecule has 0 unspecified atom stereocenters. The van der Waals surface area contributed by atoms with Gasteiger partial charge >= 0.3 is 0 Å². The highest BCUT2D eigenvalue weighted by Gasteiger charge is 2.14. The second kappa shape index (κ2) is 3.38. The Bertz CT molecular complexity index is 941. The smallest absolute Gasteiger partial charge is 0.0955 e. The highest BCUT2D eigenvalue weighted by Crippen LogP contribution is 2.34. The molecular formula is C16H15N3. The van der Waals surface area contributed by atoms with Gasteiger partial charge in [0.1, 0.15) is 0 Å². The van der Waals surface area contributed by atoms with Crippen molar-refractivity contribution in [2.75, 3.05) is 0 Å². The molecule has 2 aromatic heterocycles. The maximum atomic E-state index is 4.50. The minimum absolute atomic E-state index is 1.07. The lowest BCUT2D eigenvalue weighted by Gasteiger charge is -2.05. The monoisotopic (exact) mass is 249 g/mol. The lowest BCUT2D eigenvalue weighted by molar-refractivity contribution is 0.941. The van der Waals surface area contributed by atoms with Crippen LogP contribution in [0.15, 0.2) is 36.7 Å². The molecule has 0 bridgehead atoms. The molecule has 2 heterocycles. The van der Waals surface area contributed by atoms with Crippen molar-refractivity contribution in [2.24, 2.45) is 14.1 Å². The van der Waals surface area contributed by atoms with E-state index in [1.807, 2.05) is 6.33 Å². The van der Waals surface area contributed by atoms with Crippen molar-refractivity contribution < 1.29 is 0 Å². The van der Waals surface area contributed by atoms with Crippen LogP contribution in [0.4, 0.5) is 0 Å². The number of aryl methyl sites for hydroxylation is 3. The minimum atomic E-state index is 1.07. The largest absolute Gasteiger partial charge is 0.343 e. The molecule has 4 rings (SSSR count). The fraction of sp³-hybridized carbons (Fsp3) is 0.188. The summed E-state index contributed by atoms with van der Waals surface area (Å²) in [6, 6.07) is 10.8. The Balaban J connectivity index is 2.39. The fourth-order valence-corrected chi connectivity index (χ4v) is 3.28. The van der Waals surface area contributed by atoms with Crippen LogP contribution in [0.5, 0.6) is 0 Å². The molecule has 0 aliphatic rings. The number of hydrogen-bond acceptors (Lipinski definition) is 1. The Morgan fingerprint density at radius 2 is 1.79 bits per heavy atom. The summed E-state index contributed by atoms with van der Waals surface area (Å²) in [4.78, 5) is 4.50. The van der Waals surface area contributed by atoms with Crippen LogP contribution in [0.25, 0.3) is 32.8 Å². The van der Waals surface area contributed by atoms with Crippen molar-refractivity contribution in [3.05, 3.63) is 42.2 Å². The van der Waals surface area contributed by atoms with Crippen LogP contribution in [-0.4, -0.2) is 14.1 Å². The quantitative estimate of drug-likeness (QED) is 0.467. The molecule has 4 aromatic rings. The molecule has 0 fully saturated rings. The first kappa shape index (κ1) is 10.6. The summed E-state index contributed by atoms with van der Waals surface area (Å²) >= 11 is 0. The molecule has 0 atom stereocenters. The predicted octanol–water partition coefficient (Wildman–Crippen LogP) is 3.53. The van der Waals surface area contributed by atoms with Crippen molar-refractivity contribution >= 4 is 32.8 Å². The lowest BCUT2D eigenvalue weighted by atomic mass is 10.1. The molecule has 94 valence electrons. The molecule has 0 aliphatic carbocycles. The number of benzene rings is 2. The Morgan fingerprint density at radius 1 is 1.00 bits per heavy atom. The number of hydrogen-bond donors (Lipinski definition) is 0. The van der Waals surface area contributed by atoms with E-state index >= 15 is 0 Å². The number of aromatic nitrogens is 3. The summed E-state index contributed by atoms with van der Waals surface area (Å²) in [6.07, 6.45) is 1.89. The summed E-state index contributed by atoms with van der Waals surface area (Å²) in [6.45, 7) is 2.19. The van der Waals surface area contributed by atoms with E-state index in [1.54, 1.807) is 0 Å². The zero-order valence-corrected chi connectivity index (χ0v) is 11.3. The molecule has 2 aromatic carbocycles. The third kappa shape index (κ3) is 1.19. The zero-order chi connectivity index (χ0) is 13.1. The third-order valence-corrected chi connectivity index (χ3v) is 4.10. The first-order valence-corrected chi connectivity index (χ1v) is 6.46. The van der Waals surface area contributed by atoms with Gasteiger partial charge in [0, 0.05) is 30.4 Å². The number of para-hydroxylation sites is 1. The van der Waals surface area contributed by atoms with Crippen LogP contribution >= 0.6 is 0 Å². The van der Waals surface area contributed by atoms with Gasteiger partial charge < -0.3 is 9.13 Å². The molecule has 0 saturated carbocycles. The molecule has 0 radical (unpaired) electrons. The predicted molar refractivity (Wildman–Crippen MR) is 79.4 cm³/mol. The van der Waals surface area contributed by atoms with E-state index in [0.29, 0.717) is 0 Å². The van der Waals surface area contributed by atoms with Gasteiger partial charge in [0.15, 0.2) is 0 Å². The van der Waals surface area contributed by atoms with E-state index in [0.717, 1.165) is 5.52 Å². The van der Waals surface area contributed by atoms with E-state index < -0.39 is 0 Å². The SMILES string of the molecule is Cc1c2c(cc3c4ccccc4n(C)c13)ncn2C. The van der Waals surface area contributed by atoms with Gasteiger partial charge in [-0.15, -0.1) is 0 Å². The third-order valence-electron chi connectivity index (χ3n) is 4.10. The van der Waals surface area contributed by atoms with Crippen LogP contribution in [-0.2, 0) is 14.1 Å². The van der Waals surface area contributed by atoms with Crippen molar-refractivity contribution in [3.63, 3.8) is 0 Å². The van der Waals surface area contributed by atoms with Crippen molar-refractivity contribution in [1.82, 2.24) is 14.1 Å². The van der Waals surface area contributed by atoms with Gasteiger partial charge in [0.2, 0.25) is 0 Å². The average molecular weight is 249 g/mol. The molecule has 0 N–H and O–H groups in total. The summed E-state index contributed by atoms with van der Waals surface area (Å²) in [7, 11) is 4.19. The molecular weight excluding hydrogens is 234 g/mol. The first-order valence-electron chi connectivity index (χ1n) is 6.46. The first-order chi connectivity index (χ1) is 9.18. The van der Waals surface area contributed by atoms with Gasteiger partial charge in [0.05, 0.1) is 22.9 Å². The van der Waals surface area contributed by atoms with Crippen LogP contribution in [0.2, 0.25) is 0 Å². The summed E-state index contributed by atoms with van der Waals surface area (Å²) in [5, 5.41) is 2.59. The number of fused-ring (bicyclic) bond motifs is 4. The van der Waals surface area contributed by atoms with Crippen LogP contribution in [0.1, 0.15) is 5.56 Å². The molecule has 3 nitrogen and oxygen atoms in total. The van der Waals surface area contributed by atoms with E-state index in [-0.39, 0.29) is 0 Å². The fourth-order valence-electron chi connectivity index (χ4n) is 3.28. The highest BCUT2D eigenvalue weighted by atomic mass is 15.0. The maximum Gasteiger partial charge on any atom is 0.0955 e. The van der Waals surface area contributed by atoms with E-state index in [2.05, 4.69) is 65.5 Å². The molecule has 3 heteroatoms. The minimum Gasteiger partial charge on any atom is -0.343 e. The van der Waals surface area contributed by atoms with E-state index in [4.69, 9.17) is 0 Å². The molecule has 0 amide bonds. The maximum absolute atomic E-state index is 4.50. The Morgan fingerprint density at radius 3 is 2.63 bits per heavy atom. The number of imidazole rings is 1. The standard InChI is InChI=1S/C16H15N3/c1-10-15-12(8-13-16(10)18(2)9-17-13)11-6-4-5-7-14(11)19(15)3/h4-9H,1-3H3. The summed E-state index contributed by atoms with van der Waals surface area (Å²) in [5.74, 6) is 0. The normalized spacial score (nSPS) is 11.9. The van der Waals surface area contributed by atoms with E-state index in [9.17, 15) is 0 Å². The van der Waals surface area contributed by atoms with Crippen LogP contribution < -0.4 is 0 Å². The lowest BCUT2D eigenvalue weighted by Crippen LogP contribution is -1.93. The van der Waals surface area contributed by atoms with E-state index in [1.165, 1.54) is 32.9 Å². The highest BCUT2D eigenvalue weighted by molar-refractivity contribution is 6.13. The average Bonchev–Trinajstić information content (AvgIpc) is 2.92. The van der Waals surface area contributed by atoms with Gasteiger partial charge in [-0.25, -0.2) is 4.98 Å². The zero-order valence-electron chi connectivity index (χ0n) is 11.3. The Hall–Kier alpha value is -2.29.